The van der Waals surface area contributed by atoms with Gasteiger partial charge in [-0.3, -0.25) is 4.79 Å². The number of para-hydroxylation sites is 1. The van der Waals surface area contributed by atoms with Crippen LogP contribution in [0.3, 0.4) is 0 Å². The molecule has 0 saturated heterocycles. The molecule has 1 aromatic carbocycles. The standard InChI is InChI=1S/C16H20N2O2S/c1-2-17-16(15(19)20,12-7-8-12)10-21-14-9-11-5-3-4-6-13(11)18-14/h3-6,9,12,17-18H,2,7-8,10H2,1H3,(H,19,20). The molecule has 21 heavy (non-hydrogen) atoms. The smallest absolute Gasteiger partial charge is 0.325 e. The third-order valence-corrected chi connectivity index (χ3v) is 5.24. The van der Waals surface area contributed by atoms with Gasteiger partial charge >= 0.3 is 5.97 Å². The summed E-state index contributed by atoms with van der Waals surface area (Å²) in [5, 5.41) is 15.1. The van der Waals surface area contributed by atoms with Crippen LogP contribution in [0.5, 0.6) is 0 Å². The van der Waals surface area contributed by atoms with Crippen LogP contribution in [-0.2, 0) is 4.79 Å². The number of benzene rings is 1. The zero-order valence-electron chi connectivity index (χ0n) is 12.1. The normalized spacial score (nSPS) is 17.8. The molecular formula is C16H20N2O2S. The lowest BCUT2D eigenvalue weighted by Crippen LogP contribution is -2.56. The van der Waals surface area contributed by atoms with E-state index in [9.17, 15) is 9.90 Å². The van der Waals surface area contributed by atoms with Gasteiger partial charge in [-0.2, -0.15) is 0 Å². The van der Waals surface area contributed by atoms with E-state index in [4.69, 9.17) is 0 Å². The number of H-pyrrole nitrogens is 1. The number of aromatic nitrogens is 1. The van der Waals surface area contributed by atoms with Crippen LogP contribution in [-0.4, -0.2) is 33.9 Å². The van der Waals surface area contributed by atoms with Gasteiger partial charge in [0.1, 0.15) is 5.54 Å². The fraction of sp³-hybridized carbons (Fsp3) is 0.438. The molecule has 112 valence electrons. The summed E-state index contributed by atoms with van der Waals surface area (Å²) < 4.78 is 0. The third kappa shape index (κ3) is 2.80. The molecule has 2 aromatic rings. The molecule has 4 nitrogen and oxygen atoms in total. The van der Waals surface area contributed by atoms with Crippen LogP contribution in [0.15, 0.2) is 35.4 Å². The Hall–Kier alpha value is -1.46. The fourth-order valence-corrected chi connectivity index (χ4v) is 4.07. The SMILES string of the molecule is CCNC(CSc1cc2ccccc2[nH]1)(C(=O)O)C1CC1. The van der Waals surface area contributed by atoms with Gasteiger partial charge in [0.05, 0.1) is 5.03 Å². The highest BCUT2D eigenvalue weighted by atomic mass is 32.2. The summed E-state index contributed by atoms with van der Waals surface area (Å²) >= 11 is 1.59. The van der Waals surface area contributed by atoms with Gasteiger partial charge in [0.2, 0.25) is 0 Å². The second-order valence-corrected chi connectivity index (χ2v) is 6.61. The summed E-state index contributed by atoms with van der Waals surface area (Å²) in [7, 11) is 0. The summed E-state index contributed by atoms with van der Waals surface area (Å²) in [5.41, 5.74) is 0.298. The lowest BCUT2D eigenvalue weighted by Gasteiger charge is -2.29. The van der Waals surface area contributed by atoms with Crippen LogP contribution < -0.4 is 5.32 Å². The number of carbonyl (C=O) groups is 1. The largest absolute Gasteiger partial charge is 0.480 e. The van der Waals surface area contributed by atoms with Crippen molar-refractivity contribution in [1.29, 1.82) is 0 Å². The van der Waals surface area contributed by atoms with Gasteiger partial charge in [0, 0.05) is 16.7 Å². The zero-order chi connectivity index (χ0) is 14.9. The lowest BCUT2D eigenvalue weighted by molar-refractivity contribution is -0.144. The van der Waals surface area contributed by atoms with Gasteiger partial charge in [-0.1, -0.05) is 25.1 Å². The predicted molar refractivity (Wildman–Crippen MR) is 85.8 cm³/mol. The number of likely N-dealkylation sites (N-methyl/N-ethyl adjacent to an activating group) is 1. The molecule has 0 aliphatic heterocycles. The Morgan fingerprint density at radius 3 is 2.86 bits per heavy atom. The van der Waals surface area contributed by atoms with E-state index in [0.717, 1.165) is 28.8 Å². The highest BCUT2D eigenvalue weighted by Gasteiger charge is 2.50. The number of carboxylic acid groups (broad SMARTS) is 1. The number of aliphatic carboxylic acids is 1. The van der Waals surface area contributed by atoms with E-state index in [1.165, 1.54) is 0 Å². The van der Waals surface area contributed by atoms with Crippen LogP contribution in [0.25, 0.3) is 10.9 Å². The van der Waals surface area contributed by atoms with Crippen LogP contribution in [0, 0.1) is 5.92 Å². The molecule has 1 aliphatic rings. The number of carboxylic acids is 1. The van der Waals surface area contributed by atoms with Crippen molar-refractivity contribution >= 4 is 28.6 Å². The first kappa shape index (κ1) is 14.5. The molecule has 5 heteroatoms. The minimum atomic E-state index is -0.795. The molecule has 1 aromatic heterocycles. The van der Waals surface area contributed by atoms with E-state index in [0.29, 0.717) is 12.3 Å². The molecule has 0 radical (unpaired) electrons. The van der Waals surface area contributed by atoms with Crippen LogP contribution in [0.1, 0.15) is 19.8 Å². The van der Waals surface area contributed by atoms with E-state index >= 15 is 0 Å². The molecule has 1 heterocycles. The van der Waals surface area contributed by atoms with Gasteiger partial charge in [0.25, 0.3) is 0 Å². The highest BCUT2D eigenvalue weighted by molar-refractivity contribution is 7.99. The van der Waals surface area contributed by atoms with Crippen molar-refractivity contribution in [3.63, 3.8) is 0 Å². The zero-order valence-corrected chi connectivity index (χ0v) is 12.9. The van der Waals surface area contributed by atoms with Gasteiger partial charge < -0.3 is 15.4 Å². The van der Waals surface area contributed by atoms with E-state index < -0.39 is 11.5 Å². The quantitative estimate of drug-likeness (QED) is 0.688. The molecule has 3 N–H and O–H groups in total. The molecule has 0 amide bonds. The van der Waals surface area contributed by atoms with Gasteiger partial charge in [-0.25, -0.2) is 0 Å². The van der Waals surface area contributed by atoms with Crippen molar-refractivity contribution in [3.8, 4) is 0 Å². The Morgan fingerprint density at radius 2 is 2.24 bits per heavy atom. The Kier molecular flexibility index (Phi) is 3.95. The molecule has 3 rings (SSSR count). The van der Waals surface area contributed by atoms with Crippen LogP contribution in [0.4, 0.5) is 0 Å². The van der Waals surface area contributed by atoms with E-state index in [2.05, 4.69) is 22.4 Å². The van der Waals surface area contributed by atoms with Gasteiger partial charge in [-0.05, 0) is 37.4 Å². The van der Waals surface area contributed by atoms with Crippen LogP contribution in [0.2, 0.25) is 0 Å². The number of hydrogen-bond acceptors (Lipinski definition) is 3. The number of aromatic amines is 1. The maximum absolute atomic E-state index is 11.8. The topological polar surface area (TPSA) is 65.1 Å². The predicted octanol–water partition coefficient (Wildman–Crippen LogP) is 3.10. The number of nitrogens with one attached hydrogen (secondary N) is 2. The highest BCUT2D eigenvalue weighted by Crippen LogP contribution is 2.42. The summed E-state index contributed by atoms with van der Waals surface area (Å²) in [4.78, 5) is 15.2. The number of fused-ring (bicyclic) bond motifs is 1. The van der Waals surface area contributed by atoms with Gasteiger partial charge in [0.15, 0.2) is 0 Å². The summed E-state index contributed by atoms with van der Waals surface area (Å²) in [6.07, 6.45) is 2.01. The van der Waals surface area contributed by atoms with Crippen molar-refractivity contribution in [2.75, 3.05) is 12.3 Å². The first-order valence-electron chi connectivity index (χ1n) is 7.34. The molecule has 1 saturated carbocycles. The number of thioether (sulfide) groups is 1. The van der Waals surface area contributed by atoms with Crippen molar-refractivity contribution in [2.45, 2.75) is 30.3 Å². The molecule has 1 unspecified atom stereocenters. The Bertz CT molecular complexity index is 618. The van der Waals surface area contributed by atoms with Crippen molar-refractivity contribution in [2.24, 2.45) is 5.92 Å². The molecular weight excluding hydrogens is 284 g/mol. The fourth-order valence-electron chi connectivity index (χ4n) is 2.83. The maximum atomic E-state index is 11.8. The minimum absolute atomic E-state index is 0.256. The summed E-state index contributed by atoms with van der Waals surface area (Å²) in [5.74, 6) is 0.0792. The molecule has 1 atom stereocenters. The molecule has 0 bridgehead atoms. The minimum Gasteiger partial charge on any atom is -0.480 e. The molecule has 1 fully saturated rings. The average Bonchev–Trinajstić information content (AvgIpc) is 3.23. The monoisotopic (exact) mass is 304 g/mol. The lowest BCUT2D eigenvalue weighted by atomic mass is 9.96. The first-order chi connectivity index (χ1) is 10.2. The van der Waals surface area contributed by atoms with E-state index in [-0.39, 0.29) is 5.92 Å². The van der Waals surface area contributed by atoms with E-state index in [1.54, 1.807) is 11.8 Å². The van der Waals surface area contributed by atoms with Gasteiger partial charge in [-0.15, -0.1) is 11.8 Å². The molecule has 0 spiro atoms. The number of hydrogen-bond donors (Lipinski definition) is 3. The Balaban J connectivity index is 1.78. The average molecular weight is 304 g/mol. The van der Waals surface area contributed by atoms with Crippen LogP contribution >= 0.6 is 11.8 Å². The first-order valence-corrected chi connectivity index (χ1v) is 8.33. The maximum Gasteiger partial charge on any atom is 0.325 e. The Labute approximate surface area is 128 Å². The Morgan fingerprint density at radius 1 is 1.48 bits per heavy atom. The van der Waals surface area contributed by atoms with Crippen molar-refractivity contribution in [3.05, 3.63) is 30.3 Å². The third-order valence-electron chi connectivity index (χ3n) is 4.11. The number of rotatable bonds is 7. The second-order valence-electron chi connectivity index (χ2n) is 5.59. The summed E-state index contributed by atoms with van der Waals surface area (Å²) in [6, 6.07) is 10.2. The van der Waals surface area contributed by atoms with Crippen molar-refractivity contribution < 1.29 is 9.90 Å². The molecule has 1 aliphatic carbocycles. The summed E-state index contributed by atoms with van der Waals surface area (Å²) in [6.45, 7) is 2.64. The van der Waals surface area contributed by atoms with Crippen molar-refractivity contribution in [1.82, 2.24) is 10.3 Å². The van der Waals surface area contributed by atoms with E-state index in [1.807, 2.05) is 25.1 Å². The second kappa shape index (κ2) is 5.73.